The zero-order valence-corrected chi connectivity index (χ0v) is 12.2. The van der Waals surface area contributed by atoms with Gasteiger partial charge in [0.15, 0.2) is 0 Å². The van der Waals surface area contributed by atoms with Gasteiger partial charge >= 0.3 is 5.97 Å². The lowest BCUT2D eigenvalue weighted by Crippen LogP contribution is -2.34. The number of aromatic amines is 1. The SMILES string of the molecule is CCOC(=O)c1c(NC(=O)CN2CCCC2=O)c[nH]c1C. The molecule has 2 rings (SSSR count). The summed E-state index contributed by atoms with van der Waals surface area (Å²) in [4.78, 5) is 39.7. The number of anilines is 1. The molecule has 1 aliphatic heterocycles. The fourth-order valence-corrected chi connectivity index (χ4v) is 2.33. The van der Waals surface area contributed by atoms with E-state index in [1.54, 1.807) is 20.0 Å². The van der Waals surface area contributed by atoms with Crippen molar-refractivity contribution in [1.29, 1.82) is 0 Å². The number of ether oxygens (including phenoxy) is 1. The number of rotatable bonds is 5. The summed E-state index contributed by atoms with van der Waals surface area (Å²) in [5, 5.41) is 2.65. The molecule has 0 spiro atoms. The number of carbonyl (C=O) groups is 3. The Morgan fingerprint density at radius 1 is 1.48 bits per heavy atom. The lowest BCUT2D eigenvalue weighted by atomic mass is 10.2. The van der Waals surface area contributed by atoms with E-state index in [1.165, 1.54) is 4.90 Å². The number of amides is 2. The van der Waals surface area contributed by atoms with Crippen LogP contribution in [0, 0.1) is 6.92 Å². The van der Waals surface area contributed by atoms with Crippen LogP contribution in [0.5, 0.6) is 0 Å². The number of H-pyrrole nitrogens is 1. The van der Waals surface area contributed by atoms with Crippen molar-refractivity contribution in [3.05, 3.63) is 17.5 Å². The van der Waals surface area contributed by atoms with Crippen LogP contribution in [0.4, 0.5) is 5.69 Å². The molecule has 1 saturated heterocycles. The average Bonchev–Trinajstić information content (AvgIpc) is 2.97. The molecule has 2 amide bonds. The number of hydrogen-bond donors (Lipinski definition) is 2. The highest BCUT2D eigenvalue weighted by molar-refractivity contribution is 6.03. The highest BCUT2D eigenvalue weighted by Gasteiger charge is 2.24. The maximum absolute atomic E-state index is 12.0. The molecule has 0 saturated carbocycles. The number of nitrogens with one attached hydrogen (secondary N) is 2. The number of likely N-dealkylation sites (tertiary alicyclic amines) is 1. The van der Waals surface area contributed by atoms with Crippen molar-refractivity contribution in [2.75, 3.05) is 25.0 Å². The van der Waals surface area contributed by atoms with Crippen molar-refractivity contribution in [2.45, 2.75) is 26.7 Å². The molecule has 2 N–H and O–H groups in total. The largest absolute Gasteiger partial charge is 0.462 e. The Bertz CT molecular complexity index is 565. The summed E-state index contributed by atoms with van der Waals surface area (Å²) in [6.07, 6.45) is 2.82. The van der Waals surface area contributed by atoms with Gasteiger partial charge in [-0.15, -0.1) is 0 Å². The summed E-state index contributed by atoms with van der Waals surface area (Å²) >= 11 is 0. The normalized spacial score (nSPS) is 14.4. The Balaban J connectivity index is 2.04. The van der Waals surface area contributed by atoms with Crippen molar-refractivity contribution in [2.24, 2.45) is 0 Å². The molecule has 7 nitrogen and oxygen atoms in total. The standard InChI is InChI=1S/C14H19N3O4/c1-3-21-14(20)13-9(2)15-7-10(13)16-11(18)8-17-6-4-5-12(17)19/h7,15H,3-6,8H2,1-2H3,(H,16,18). The highest BCUT2D eigenvalue weighted by atomic mass is 16.5. The molecule has 7 heteroatoms. The average molecular weight is 293 g/mol. The molecule has 0 atom stereocenters. The van der Waals surface area contributed by atoms with Gasteiger partial charge in [0.05, 0.1) is 18.8 Å². The lowest BCUT2D eigenvalue weighted by Gasteiger charge is -2.15. The lowest BCUT2D eigenvalue weighted by molar-refractivity contribution is -0.131. The van der Waals surface area contributed by atoms with Crippen LogP contribution in [0.1, 0.15) is 35.8 Å². The smallest absolute Gasteiger partial charge is 0.342 e. The quantitative estimate of drug-likeness (QED) is 0.794. The van der Waals surface area contributed by atoms with Gasteiger partial charge in [0.2, 0.25) is 11.8 Å². The van der Waals surface area contributed by atoms with Gasteiger partial charge in [-0.3, -0.25) is 9.59 Å². The second-order valence-electron chi connectivity index (χ2n) is 4.89. The maximum atomic E-state index is 12.0. The predicted octanol–water partition coefficient (Wildman–Crippen LogP) is 1.06. The summed E-state index contributed by atoms with van der Waals surface area (Å²) < 4.78 is 4.97. The molecule has 0 radical (unpaired) electrons. The minimum Gasteiger partial charge on any atom is -0.462 e. The topological polar surface area (TPSA) is 91.5 Å². The molecule has 0 bridgehead atoms. The van der Waals surface area contributed by atoms with Gasteiger partial charge in [-0.25, -0.2) is 4.79 Å². The van der Waals surface area contributed by atoms with E-state index in [9.17, 15) is 14.4 Å². The number of hydrogen-bond acceptors (Lipinski definition) is 4. The van der Waals surface area contributed by atoms with Gasteiger partial charge in [-0.1, -0.05) is 0 Å². The number of aryl methyl sites for hydroxylation is 1. The first kappa shape index (κ1) is 15.1. The Morgan fingerprint density at radius 2 is 2.24 bits per heavy atom. The third-order valence-electron chi connectivity index (χ3n) is 3.34. The molecule has 1 aromatic rings. The zero-order valence-electron chi connectivity index (χ0n) is 12.2. The van der Waals surface area contributed by atoms with E-state index in [-0.39, 0.29) is 25.0 Å². The van der Waals surface area contributed by atoms with Gasteiger partial charge in [0, 0.05) is 24.9 Å². The molecule has 1 aromatic heterocycles. The minimum atomic E-state index is -0.483. The number of carbonyl (C=O) groups excluding carboxylic acids is 3. The van der Waals surface area contributed by atoms with Crippen LogP contribution in [0.2, 0.25) is 0 Å². The molecular weight excluding hydrogens is 274 g/mol. The molecule has 2 heterocycles. The van der Waals surface area contributed by atoms with Crippen molar-refractivity contribution in [3.63, 3.8) is 0 Å². The monoisotopic (exact) mass is 293 g/mol. The Kier molecular flexibility index (Phi) is 4.62. The van der Waals surface area contributed by atoms with E-state index in [0.29, 0.717) is 29.9 Å². The van der Waals surface area contributed by atoms with E-state index in [1.807, 2.05) is 0 Å². The molecule has 114 valence electrons. The fraction of sp³-hybridized carbons (Fsp3) is 0.500. The van der Waals surface area contributed by atoms with Gasteiger partial charge in [-0.05, 0) is 20.3 Å². The van der Waals surface area contributed by atoms with Crippen LogP contribution >= 0.6 is 0 Å². The summed E-state index contributed by atoms with van der Waals surface area (Å²) in [7, 11) is 0. The van der Waals surface area contributed by atoms with Crippen LogP contribution in [0.25, 0.3) is 0 Å². The molecular formula is C14H19N3O4. The van der Waals surface area contributed by atoms with Gasteiger partial charge in [0.1, 0.15) is 5.56 Å². The van der Waals surface area contributed by atoms with Gasteiger partial charge in [-0.2, -0.15) is 0 Å². The van der Waals surface area contributed by atoms with Crippen LogP contribution < -0.4 is 5.32 Å². The third-order valence-corrected chi connectivity index (χ3v) is 3.34. The van der Waals surface area contributed by atoms with Crippen molar-refractivity contribution in [1.82, 2.24) is 9.88 Å². The van der Waals surface area contributed by atoms with E-state index >= 15 is 0 Å². The van der Waals surface area contributed by atoms with E-state index < -0.39 is 5.97 Å². The second kappa shape index (κ2) is 6.43. The summed E-state index contributed by atoms with van der Waals surface area (Å²) in [6.45, 7) is 4.32. The summed E-state index contributed by atoms with van der Waals surface area (Å²) in [6, 6.07) is 0. The first-order chi connectivity index (χ1) is 10.0. The molecule has 0 unspecified atom stereocenters. The van der Waals surface area contributed by atoms with Crippen molar-refractivity contribution in [3.8, 4) is 0 Å². The van der Waals surface area contributed by atoms with Crippen LogP contribution in [0.3, 0.4) is 0 Å². The van der Waals surface area contributed by atoms with Crippen LogP contribution in [-0.4, -0.2) is 47.4 Å². The molecule has 21 heavy (non-hydrogen) atoms. The maximum Gasteiger partial charge on any atom is 0.342 e. The first-order valence-corrected chi connectivity index (χ1v) is 6.95. The number of aromatic nitrogens is 1. The molecule has 0 aliphatic carbocycles. The van der Waals surface area contributed by atoms with Crippen molar-refractivity contribution >= 4 is 23.5 Å². The second-order valence-corrected chi connectivity index (χ2v) is 4.89. The number of esters is 1. The first-order valence-electron chi connectivity index (χ1n) is 6.95. The highest BCUT2D eigenvalue weighted by Crippen LogP contribution is 2.20. The molecule has 0 aromatic carbocycles. The predicted molar refractivity (Wildman–Crippen MR) is 75.9 cm³/mol. The van der Waals surface area contributed by atoms with Crippen molar-refractivity contribution < 1.29 is 19.1 Å². The summed E-state index contributed by atoms with van der Waals surface area (Å²) in [5.74, 6) is -0.820. The Morgan fingerprint density at radius 3 is 2.86 bits per heavy atom. The molecule has 1 aliphatic rings. The van der Waals surface area contributed by atoms with Gasteiger partial charge in [0.25, 0.3) is 0 Å². The fourth-order valence-electron chi connectivity index (χ4n) is 2.33. The van der Waals surface area contributed by atoms with Crippen LogP contribution in [-0.2, 0) is 14.3 Å². The van der Waals surface area contributed by atoms with Gasteiger partial charge < -0.3 is 19.9 Å². The number of nitrogens with zero attached hydrogens (tertiary/aromatic N) is 1. The van der Waals surface area contributed by atoms with E-state index in [4.69, 9.17) is 4.74 Å². The Hall–Kier alpha value is -2.31. The third kappa shape index (κ3) is 3.42. The molecule has 1 fully saturated rings. The Labute approximate surface area is 122 Å². The minimum absolute atomic E-state index is 0.00528. The van der Waals surface area contributed by atoms with E-state index in [0.717, 1.165) is 6.42 Å². The van der Waals surface area contributed by atoms with E-state index in [2.05, 4.69) is 10.3 Å². The summed E-state index contributed by atoms with van der Waals surface area (Å²) in [5.41, 5.74) is 1.32. The zero-order chi connectivity index (χ0) is 15.4. The van der Waals surface area contributed by atoms with Crippen LogP contribution in [0.15, 0.2) is 6.20 Å².